The van der Waals surface area contributed by atoms with Gasteiger partial charge in [0.05, 0.1) is 30.7 Å². The van der Waals surface area contributed by atoms with Gasteiger partial charge in [0.15, 0.2) is 28.4 Å². The van der Waals surface area contributed by atoms with E-state index in [1.165, 1.54) is 0 Å². The molecule has 3 aromatic carbocycles. The number of carbonyl (C=O) groups excluding carboxylic acids is 1. The Labute approximate surface area is 225 Å². The van der Waals surface area contributed by atoms with Crippen LogP contribution < -0.4 is 24.4 Å². The summed E-state index contributed by atoms with van der Waals surface area (Å²) in [5.74, 6) is 2.64. The van der Waals surface area contributed by atoms with E-state index in [-0.39, 0.29) is 30.4 Å². The van der Waals surface area contributed by atoms with Crippen LogP contribution in [0.15, 0.2) is 69.9 Å². The molecule has 6 rings (SSSR count). The predicted octanol–water partition coefficient (Wildman–Crippen LogP) is 5.70. The molecule has 0 bridgehead atoms. The van der Waals surface area contributed by atoms with Crippen LogP contribution in [0.2, 0.25) is 0 Å². The van der Waals surface area contributed by atoms with Crippen LogP contribution in [0.4, 0.5) is 0 Å². The van der Waals surface area contributed by atoms with E-state index in [4.69, 9.17) is 23.4 Å². The Bertz CT molecular complexity index is 1620. The second-order valence-electron chi connectivity index (χ2n) is 10.1. The number of amides is 1. The van der Waals surface area contributed by atoms with Crippen LogP contribution in [-0.4, -0.2) is 31.3 Å². The second-order valence-corrected chi connectivity index (χ2v) is 10.1. The Morgan fingerprint density at radius 2 is 1.79 bits per heavy atom. The van der Waals surface area contributed by atoms with Crippen LogP contribution >= 0.6 is 0 Å². The van der Waals surface area contributed by atoms with Crippen molar-refractivity contribution >= 4 is 16.9 Å². The molecule has 8 heteroatoms. The van der Waals surface area contributed by atoms with E-state index in [9.17, 15) is 9.59 Å². The van der Waals surface area contributed by atoms with E-state index in [0.29, 0.717) is 52.1 Å². The highest BCUT2D eigenvalue weighted by molar-refractivity contribution is 5.99. The highest BCUT2D eigenvalue weighted by Crippen LogP contribution is 2.42. The van der Waals surface area contributed by atoms with Gasteiger partial charge in [-0.1, -0.05) is 38.1 Å². The lowest BCUT2D eigenvalue weighted by atomic mass is 9.97. The van der Waals surface area contributed by atoms with Crippen LogP contribution in [-0.2, 0) is 6.54 Å². The zero-order chi connectivity index (χ0) is 27.1. The smallest absolute Gasteiger partial charge is 0.291 e. The van der Waals surface area contributed by atoms with Gasteiger partial charge in [-0.15, -0.1) is 0 Å². The number of hydrogen-bond acceptors (Lipinski definition) is 7. The molecule has 1 unspecified atom stereocenters. The summed E-state index contributed by atoms with van der Waals surface area (Å²) in [7, 11) is 1.58. The molecule has 200 valence electrons. The van der Waals surface area contributed by atoms with Crippen molar-refractivity contribution in [1.29, 1.82) is 0 Å². The van der Waals surface area contributed by atoms with Crippen molar-refractivity contribution in [1.82, 2.24) is 4.90 Å². The molecule has 39 heavy (non-hydrogen) atoms. The van der Waals surface area contributed by atoms with E-state index in [1.807, 2.05) is 36.4 Å². The van der Waals surface area contributed by atoms with Crippen LogP contribution in [0.3, 0.4) is 0 Å². The summed E-state index contributed by atoms with van der Waals surface area (Å²) in [6, 6.07) is 17.4. The van der Waals surface area contributed by atoms with Crippen LogP contribution in [0.1, 0.15) is 53.6 Å². The van der Waals surface area contributed by atoms with Gasteiger partial charge in [-0.3, -0.25) is 9.59 Å². The van der Waals surface area contributed by atoms with E-state index in [1.54, 1.807) is 36.3 Å². The maximum absolute atomic E-state index is 13.8. The predicted molar refractivity (Wildman–Crippen MR) is 145 cm³/mol. The van der Waals surface area contributed by atoms with Gasteiger partial charge < -0.3 is 28.3 Å². The summed E-state index contributed by atoms with van der Waals surface area (Å²) in [5.41, 5.74) is 2.02. The second kappa shape index (κ2) is 10.0. The first-order valence-corrected chi connectivity index (χ1v) is 13.0. The Balaban J connectivity index is 1.44. The first-order chi connectivity index (χ1) is 18.9. The Morgan fingerprint density at radius 3 is 2.62 bits per heavy atom. The molecule has 2 aliphatic rings. The van der Waals surface area contributed by atoms with Crippen LogP contribution in [0.5, 0.6) is 23.0 Å². The first kappa shape index (κ1) is 24.9. The average Bonchev–Trinajstić information content (AvgIpc) is 3.51. The fourth-order valence-corrected chi connectivity index (χ4v) is 5.09. The highest BCUT2D eigenvalue weighted by atomic mass is 16.7. The summed E-state index contributed by atoms with van der Waals surface area (Å²) in [5, 5.41) is 0.430. The normalized spacial score (nSPS) is 15.7. The molecule has 1 aromatic heterocycles. The SMILES string of the molecule is COc1cc(C2c3c(oc4ccccc4c3=O)C(=O)N2Cc2ccc3c(c2)OCO3)ccc1OCCC(C)C. The molecule has 1 amide bonds. The minimum Gasteiger partial charge on any atom is -0.493 e. The lowest BCUT2D eigenvalue weighted by Crippen LogP contribution is -2.29. The maximum Gasteiger partial charge on any atom is 0.291 e. The number of nitrogens with zero attached hydrogens (tertiary/aromatic N) is 1. The van der Waals surface area contributed by atoms with Gasteiger partial charge in [0.2, 0.25) is 12.6 Å². The monoisotopic (exact) mass is 527 g/mol. The fourth-order valence-electron chi connectivity index (χ4n) is 5.09. The molecule has 0 spiro atoms. The average molecular weight is 528 g/mol. The molecular weight excluding hydrogens is 498 g/mol. The molecule has 0 aliphatic carbocycles. The zero-order valence-electron chi connectivity index (χ0n) is 22.1. The van der Waals surface area contributed by atoms with Gasteiger partial charge in [-0.2, -0.15) is 0 Å². The number of rotatable bonds is 8. The molecule has 4 aromatic rings. The van der Waals surface area contributed by atoms with Gasteiger partial charge >= 0.3 is 0 Å². The minimum atomic E-state index is -0.683. The highest BCUT2D eigenvalue weighted by Gasteiger charge is 2.43. The molecule has 2 aliphatic heterocycles. The third-order valence-corrected chi connectivity index (χ3v) is 7.12. The van der Waals surface area contributed by atoms with Gasteiger partial charge in [0.1, 0.15) is 5.58 Å². The van der Waals surface area contributed by atoms with Gasteiger partial charge in [0.25, 0.3) is 5.91 Å². The van der Waals surface area contributed by atoms with Crippen molar-refractivity contribution in [3.05, 3.63) is 93.3 Å². The zero-order valence-corrected chi connectivity index (χ0v) is 22.1. The van der Waals surface area contributed by atoms with Crippen molar-refractivity contribution in [2.75, 3.05) is 20.5 Å². The molecule has 0 N–H and O–H groups in total. The van der Waals surface area contributed by atoms with Crippen LogP contribution in [0, 0.1) is 5.92 Å². The Kier molecular flexibility index (Phi) is 6.38. The molecule has 0 saturated heterocycles. The van der Waals surface area contributed by atoms with Gasteiger partial charge in [0, 0.05) is 6.54 Å². The summed E-state index contributed by atoms with van der Waals surface area (Å²) in [6.45, 7) is 5.23. The molecule has 3 heterocycles. The van der Waals surface area contributed by atoms with E-state index < -0.39 is 6.04 Å². The summed E-state index contributed by atoms with van der Waals surface area (Å²) >= 11 is 0. The summed E-state index contributed by atoms with van der Waals surface area (Å²) < 4.78 is 28.7. The maximum atomic E-state index is 13.8. The third kappa shape index (κ3) is 4.46. The number of ether oxygens (including phenoxy) is 4. The Hall–Kier alpha value is -4.46. The number of fused-ring (bicyclic) bond motifs is 3. The van der Waals surface area contributed by atoms with E-state index in [0.717, 1.165) is 17.5 Å². The standard InChI is InChI=1S/C31H29NO7/c1-18(2)12-13-36-23-11-9-20(15-25(23)35-3)28-27-29(33)21-6-4-5-7-22(21)39-30(27)31(34)32(28)16-19-8-10-24-26(14-19)38-17-37-24/h4-11,14-15,18,28H,12-13,16-17H2,1-3H3. The number of benzene rings is 3. The summed E-state index contributed by atoms with van der Waals surface area (Å²) in [4.78, 5) is 29.3. The lowest BCUT2D eigenvalue weighted by Gasteiger charge is -2.26. The van der Waals surface area contributed by atoms with E-state index in [2.05, 4.69) is 13.8 Å². The molecule has 0 fully saturated rings. The molecule has 1 atom stereocenters. The number of para-hydroxylation sites is 1. The number of methoxy groups -OCH3 is 1. The lowest BCUT2D eigenvalue weighted by molar-refractivity contribution is 0.0714. The molecule has 8 nitrogen and oxygen atoms in total. The van der Waals surface area contributed by atoms with Crippen molar-refractivity contribution in [2.24, 2.45) is 5.92 Å². The number of carbonyl (C=O) groups is 1. The number of hydrogen-bond donors (Lipinski definition) is 0. The van der Waals surface area contributed by atoms with Crippen molar-refractivity contribution in [3.63, 3.8) is 0 Å². The topological polar surface area (TPSA) is 87.4 Å². The van der Waals surface area contributed by atoms with Crippen LogP contribution in [0.25, 0.3) is 11.0 Å². The first-order valence-electron chi connectivity index (χ1n) is 13.0. The minimum absolute atomic E-state index is 0.0562. The van der Waals surface area contributed by atoms with Gasteiger partial charge in [-0.05, 0) is 59.9 Å². The Morgan fingerprint density at radius 1 is 0.974 bits per heavy atom. The van der Waals surface area contributed by atoms with Crippen molar-refractivity contribution in [3.8, 4) is 23.0 Å². The largest absolute Gasteiger partial charge is 0.493 e. The summed E-state index contributed by atoms with van der Waals surface area (Å²) in [6.07, 6.45) is 0.910. The van der Waals surface area contributed by atoms with Crippen molar-refractivity contribution < 1.29 is 28.2 Å². The van der Waals surface area contributed by atoms with Crippen molar-refractivity contribution in [2.45, 2.75) is 32.9 Å². The molecule has 0 saturated carbocycles. The molecular formula is C31H29NO7. The third-order valence-electron chi connectivity index (χ3n) is 7.12. The molecule has 0 radical (unpaired) electrons. The fraction of sp³-hybridized carbons (Fsp3) is 0.290. The quantitative estimate of drug-likeness (QED) is 0.290. The van der Waals surface area contributed by atoms with E-state index >= 15 is 0 Å². The van der Waals surface area contributed by atoms with Gasteiger partial charge in [-0.25, -0.2) is 0 Å².